The van der Waals surface area contributed by atoms with E-state index < -0.39 is 0 Å². The third kappa shape index (κ3) is 2.91. The fourth-order valence-corrected chi connectivity index (χ4v) is 3.77. The van der Waals surface area contributed by atoms with Crippen LogP contribution >= 0.6 is 0 Å². The highest BCUT2D eigenvalue weighted by molar-refractivity contribution is 5.52. The lowest BCUT2D eigenvalue weighted by molar-refractivity contribution is -0.189. The van der Waals surface area contributed by atoms with Crippen LogP contribution in [-0.4, -0.2) is 47.0 Å². The molecule has 1 heterocycles. The molecule has 1 aromatic carbocycles. The van der Waals surface area contributed by atoms with E-state index in [0.717, 1.165) is 32.5 Å². The highest BCUT2D eigenvalue weighted by atomic mass is 16.3. The van der Waals surface area contributed by atoms with Crippen molar-refractivity contribution in [3.05, 3.63) is 41.5 Å². The maximum Gasteiger partial charge on any atom is 0.0647 e. The Hall–Kier alpha value is -1.16. The van der Waals surface area contributed by atoms with E-state index in [1.165, 1.54) is 11.1 Å². The summed E-state index contributed by atoms with van der Waals surface area (Å²) in [5.41, 5.74) is 2.40. The standard InChI is InChI=1S/C18H25NO2/c1-14(11-15-5-3-2-4-6-15)13-19-9-7-18(8-10-19)16(20)12-17(18)21/h2-6,11,16-17,20-21H,7-10,12-13H2,1H3/b14-11+/t16-,17+. The van der Waals surface area contributed by atoms with Crippen molar-refractivity contribution in [2.24, 2.45) is 5.41 Å². The molecule has 1 saturated carbocycles. The summed E-state index contributed by atoms with van der Waals surface area (Å²) in [7, 11) is 0. The van der Waals surface area contributed by atoms with Crippen LogP contribution in [-0.2, 0) is 0 Å². The molecule has 1 aliphatic heterocycles. The summed E-state index contributed by atoms with van der Waals surface area (Å²) in [5.74, 6) is 0. The molecule has 0 unspecified atom stereocenters. The first kappa shape index (κ1) is 14.8. The van der Waals surface area contributed by atoms with Gasteiger partial charge in [-0.2, -0.15) is 0 Å². The van der Waals surface area contributed by atoms with Crippen LogP contribution in [0.4, 0.5) is 0 Å². The van der Waals surface area contributed by atoms with E-state index in [1.54, 1.807) is 0 Å². The quantitative estimate of drug-likeness (QED) is 0.896. The van der Waals surface area contributed by atoms with Gasteiger partial charge in [-0.25, -0.2) is 0 Å². The van der Waals surface area contributed by atoms with Crippen LogP contribution in [0.3, 0.4) is 0 Å². The summed E-state index contributed by atoms with van der Waals surface area (Å²) in [4.78, 5) is 2.43. The van der Waals surface area contributed by atoms with E-state index >= 15 is 0 Å². The number of piperidine rings is 1. The molecule has 0 radical (unpaired) electrons. The normalized spacial score (nSPS) is 29.4. The summed E-state index contributed by atoms with van der Waals surface area (Å²) >= 11 is 0. The van der Waals surface area contributed by atoms with Gasteiger partial charge in [-0.05, 0) is 38.4 Å². The summed E-state index contributed by atoms with van der Waals surface area (Å²) in [6, 6.07) is 10.4. The molecule has 0 amide bonds. The summed E-state index contributed by atoms with van der Waals surface area (Å²) < 4.78 is 0. The number of aliphatic hydroxyl groups is 2. The molecule has 114 valence electrons. The van der Waals surface area contributed by atoms with Gasteiger partial charge in [-0.3, -0.25) is 4.90 Å². The smallest absolute Gasteiger partial charge is 0.0647 e. The molecule has 1 aromatic rings. The zero-order valence-corrected chi connectivity index (χ0v) is 12.7. The van der Waals surface area contributed by atoms with Crippen molar-refractivity contribution >= 4 is 6.08 Å². The van der Waals surface area contributed by atoms with Crippen LogP contribution in [0, 0.1) is 5.41 Å². The van der Waals surface area contributed by atoms with Crippen LogP contribution in [0.1, 0.15) is 31.7 Å². The highest BCUT2D eigenvalue weighted by Gasteiger charge is 2.54. The zero-order valence-electron chi connectivity index (χ0n) is 12.7. The van der Waals surface area contributed by atoms with Gasteiger partial charge in [0.15, 0.2) is 0 Å². The molecule has 0 bridgehead atoms. The lowest BCUT2D eigenvalue weighted by atomic mass is 9.58. The van der Waals surface area contributed by atoms with Crippen molar-refractivity contribution in [2.75, 3.05) is 19.6 Å². The summed E-state index contributed by atoms with van der Waals surface area (Å²) in [6.07, 6.45) is 4.03. The molecule has 2 atom stereocenters. The fourth-order valence-electron chi connectivity index (χ4n) is 3.77. The topological polar surface area (TPSA) is 43.7 Å². The van der Waals surface area contributed by atoms with Crippen LogP contribution in [0.25, 0.3) is 6.08 Å². The third-order valence-corrected chi connectivity index (χ3v) is 5.25. The van der Waals surface area contributed by atoms with Crippen LogP contribution in [0.2, 0.25) is 0 Å². The minimum absolute atomic E-state index is 0.201. The lowest BCUT2D eigenvalue weighted by Crippen LogP contribution is -2.61. The number of benzene rings is 1. The van der Waals surface area contributed by atoms with Crippen molar-refractivity contribution in [1.29, 1.82) is 0 Å². The molecule has 2 fully saturated rings. The Balaban J connectivity index is 1.55. The monoisotopic (exact) mass is 287 g/mol. The SMILES string of the molecule is C/C(=C\c1ccccc1)CN1CCC2(CC1)[C@H](O)C[C@@H]2O. The third-order valence-electron chi connectivity index (χ3n) is 5.25. The van der Waals surface area contributed by atoms with Gasteiger partial charge in [0.25, 0.3) is 0 Å². The second-order valence-electron chi connectivity index (χ2n) is 6.68. The zero-order chi connectivity index (χ0) is 14.9. The van der Waals surface area contributed by atoms with E-state index in [9.17, 15) is 10.2 Å². The van der Waals surface area contributed by atoms with Gasteiger partial charge in [-0.15, -0.1) is 0 Å². The predicted molar refractivity (Wildman–Crippen MR) is 84.8 cm³/mol. The van der Waals surface area contributed by atoms with E-state index in [2.05, 4.69) is 42.2 Å². The molecular formula is C18H25NO2. The van der Waals surface area contributed by atoms with Crippen molar-refractivity contribution in [3.63, 3.8) is 0 Å². The molecule has 0 aromatic heterocycles. The van der Waals surface area contributed by atoms with Gasteiger partial charge in [0, 0.05) is 18.4 Å². The maximum absolute atomic E-state index is 9.97. The van der Waals surface area contributed by atoms with Gasteiger partial charge in [0.05, 0.1) is 12.2 Å². The van der Waals surface area contributed by atoms with E-state index in [4.69, 9.17) is 0 Å². The molecule has 2 aliphatic rings. The Morgan fingerprint density at radius 1 is 1.19 bits per heavy atom. The first-order valence-corrected chi connectivity index (χ1v) is 7.91. The second kappa shape index (κ2) is 5.91. The molecular weight excluding hydrogens is 262 g/mol. The van der Waals surface area contributed by atoms with Crippen molar-refractivity contribution in [1.82, 2.24) is 4.90 Å². The largest absolute Gasteiger partial charge is 0.392 e. The fraction of sp³-hybridized carbons (Fsp3) is 0.556. The van der Waals surface area contributed by atoms with Gasteiger partial charge in [0.2, 0.25) is 0 Å². The van der Waals surface area contributed by atoms with E-state index in [-0.39, 0.29) is 17.6 Å². The first-order chi connectivity index (χ1) is 10.1. The summed E-state index contributed by atoms with van der Waals surface area (Å²) in [5, 5.41) is 19.9. The minimum atomic E-state index is -0.296. The average molecular weight is 287 g/mol. The predicted octanol–water partition coefficient (Wildman–Crippen LogP) is 2.30. The molecule has 1 aliphatic carbocycles. The van der Waals surface area contributed by atoms with Crippen LogP contribution in [0.15, 0.2) is 35.9 Å². The Morgan fingerprint density at radius 3 is 2.38 bits per heavy atom. The number of aliphatic hydroxyl groups excluding tert-OH is 2. The molecule has 3 rings (SSSR count). The maximum atomic E-state index is 9.97. The van der Waals surface area contributed by atoms with Crippen molar-refractivity contribution in [2.45, 2.75) is 38.4 Å². The van der Waals surface area contributed by atoms with E-state index in [1.807, 2.05) is 6.07 Å². The van der Waals surface area contributed by atoms with E-state index in [0.29, 0.717) is 6.42 Å². The van der Waals surface area contributed by atoms with Crippen molar-refractivity contribution < 1.29 is 10.2 Å². The number of hydrogen-bond acceptors (Lipinski definition) is 3. The van der Waals surface area contributed by atoms with Crippen LogP contribution in [0.5, 0.6) is 0 Å². The number of rotatable bonds is 3. The molecule has 3 nitrogen and oxygen atoms in total. The van der Waals surface area contributed by atoms with Gasteiger partial charge >= 0.3 is 0 Å². The molecule has 3 heteroatoms. The molecule has 21 heavy (non-hydrogen) atoms. The molecule has 1 spiro atoms. The number of nitrogens with zero attached hydrogens (tertiary/aromatic N) is 1. The Labute approximate surface area is 126 Å². The second-order valence-corrected chi connectivity index (χ2v) is 6.68. The lowest BCUT2D eigenvalue weighted by Gasteiger charge is -2.55. The van der Waals surface area contributed by atoms with Gasteiger partial charge in [0.1, 0.15) is 0 Å². The van der Waals surface area contributed by atoms with Gasteiger partial charge in [-0.1, -0.05) is 42.0 Å². The average Bonchev–Trinajstić information content (AvgIpc) is 2.49. The van der Waals surface area contributed by atoms with Crippen LogP contribution < -0.4 is 0 Å². The molecule has 1 saturated heterocycles. The minimum Gasteiger partial charge on any atom is -0.392 e. The Bertz CT molecular complexity index is 493. The van der Waals surface area contributed by atoms with Crippen molar-refractivity contribution in [3.8, 4) is 0 Å². The first-order valence-electron chi connectivity index (χ1n) is 7.91. The summed E-state index contributed by atoms with van der Waals surface area (Å²) in [6.45, 7) is 5.07. The molecule has 2 N–H and O–H groups in total. The Kier molecular flexibility index (Phi) is 4.16. The number of likely N-dealkylation sites (tertiary alicyclic amines) is 1. The Morgan fingerprint density at radius 2 is 1.81 bits per heavy atom. The van der Waals surface area contributed by atoms with Gasteiger partial charge < -0.3 is 10.2 Å². The number of hydrogen-bond donors (Lipinski definition) is 2. The highest BCUT2D eigenvalue weighted by Crippen LogP contribution is 2.49.